The van der Waals surface area contributed by atoms with E-state index >= 15 is 0 Å². The van der Waals surface area contributed by atoms with Crippen molar-refractivity contribution in [3.63, 3.8) is 0 Å². The van der Waals surface area contributed by atoms with E-state index in [2.05, 4.69) is 18.1 Å². The molecule has 0 aliphatic rings. The lowest BCUT2D eigenvalue weighted by molar-refractivity contribution is 0.542. The topological polar surface area (TPSA) is 26.0 Å². The van der Waals surface area contributed by atoms with Crippen molar-refractivity contribution in [3.8, 4) is 0 Å². The van der Waals surface area contributed by atoms with Crippen LogP contribution in [0.15, 0.2) is 23.8 Å². The smallest absolute Gasteiger partial charge is 0.221 e. The first-order valence-electron chi connectivity index (χ1n) is 3.38. The lowest BCUT2D eigenvalue weighted by Crippen LogP contribution is -1.79. The van der Waals surface area contributed by atoms with Gasteiger partial charge in [-0.3, -0.25) is 0 Å². The summed E-state index contributed by atoms with van der Waals surface area (Å²) in [6, 6.07) is 0. The minimum Gasteiger partial charge on any atom is -0.444 e. The summed E-state index contributed by atoms with van der Waals surface area (Å²) in [5.41, 5.74) is 2.53. The fraction of sp³-hybridized carbons (Fsp3) is 0.222. The molecule has 0 radical (unpaired) electrons. The Morgan fingerprint density at radius 2 is 2.00 bits per heavy atom. The van der Waals surface area contributed by atoms with Gasteiger partial charge in [0.05, 0.1) is 0 Å². The van der Waals surface area contributed by atoms with E-state index in [4.69, 9.17) is 4.42 Å². The second kappa shape index (κ2) is 2.74. The molecule has 0 amide bonds. The molecule has 11 heavy (non-hydrogen) atoms. The zero-order chi connectivity index (χ0) is 8.43. The summed E-state index contributed by atoms with van der Waals surface area (Å²) in [5.74, 6) is 0.586. The van der Waals surface area contributed by atoms with Gasteiger partial charge < -0.3 is 4.42 Å². The van der Waals surface area contributed by atoms with E-state index < -0.39 is 0 Å². The van der Waals surface area contributed by atoms with Crippen LogP contribution in [0.5, 0.6) is 0 Å². The van der Waals surface area contributed by atoms with Crippen molar-refractivity contribution in [1.29, 1.82) is 0 Å². The number of aromatic nitrogens is 1. The molecular weight excluding hydrogens is 138 g/mol. The molecule has 2 nitrogen and oxygen atoms in total. The summed E-state index contributed by atoms with van der Waals surface area (Å²) in [6.45, 7) is 11.2. The molecule has 0 saturated heterocycles. The third kappa shape index (κ3) is 1.58. The Labute approximate surface area is 66.3 Å². The third-order valence-electron chi connectivity index (χ3n) is 1.31. The van der Waals surface area contributed by atoms with Crippen molar-refractivity contribution in [1.82, 2.24) is 4.98 Å². The van der Waals surface area contributed by atoms with Crippen LogP contribution in [0, 0.1) is 0 Å². The number of nitrogens with zero attached hydrogens (tertiary/aromatic N) is 1. The van der Waals surface area contributed by atoms with Crippen LogP contribution in [0.1, 0.15) is 25.4 Å². The maximum Gasteiger partial charge on any atom is 0.221 e. The van der Waals surface area contributed by atoms with Gasteiger partial charge in [0, 0.05) is 5.57 Å². The monoisotopic (exact) mass is 149 g/mol. The maximum atomic E-state index is 5.12. The Balaban J connectivity index is 2.99. The van der Waals surface area contributed by atoms with E-state index in [1.165, 1.54) is 0 Å². The van der Waals surface area contributed by atoms with Crippen LogP contribution in [-0.4, -0.2) is 4.98 Å². The summed E-state index contributed by atoms with van der Waals surface area (Å²) < 4.78 is 5.12. The van der Waals surface area contributed by atoms with Gasteiger partial charge in [-0.2, -0.15) is 0 Å². The van der Waals surface area contributed by atoms with E-state index in [1.54, 1.807) is 6.26 Å². The molecular formula is C9H11NO. The molecule has 1 aromatic rings. The lowest BCUT2D eigenvalue weighted by atomic mass is 10.3. The molecule has 0 unspecified atom stereocenters. The molecule has 58 valence electrons. The molecule has 1 rings (SSSR count). The van der Waals surface area contributed by atoms with Gasteiger partial charge >= 0.3 is 0 Å². The molecule has 0 aliphatic carbocycles. The zero-order valence-electron chi connectivity index (χ0n) is 6.85. The van der Waals surface area contributed by atoms with E-state index in [9.17, 15) is 0 Å². The van der Waals surface area contributed by atoms with E-state index in [-0.39, 0.29) is 0 Å². The highest BCUT2D eigenvalue weighted by molar-refractivity contribution is 5.60. The van der Waals surface area contributed by atoms with E-state index in [1.807, 2.05) is 13.8 Å². The Morgan fingerprint density at radius 1 is 1.36 bits per heavy atom. The summed E-state index contributed by atoms with van der Waals surface area (Å²) >= 11 is 0. The Bertz CT molecular complexity index is 268. The highest BCUT2D eigenvalue weighted by atomic mass is 16.3. The van der Waals surface area contributed by atoms with Crippen molar-refractivity contribution in [2.45, 2.75) is 13.8 Å². The molecule has 0 aliphatic heterocycles. The largest absolute Gasteiger partial charge is 0.444 e. The normalized spacial score (nSPS) is 9.64. The predicted molar refractivity (Wildman–Crippen MR) is 45.9 cm³/mol. The molecule has 0 aromatic carbocycles. The SMILES string of the molecule is C=C(C)c1coc(C(=C)C)n1. The molecule has 0 N–H and O–H groups in total. The highest BCUT2D eigenvalue weighted by Crippen LogP contribution is 2.15. The van der Waals surface area contributed by atoms with Gasteiger partial charge in [-0.1, -0.05) is 13.2 Å². The number of allylic oxidation sites excluding steroid dienone is 2. The van der Waals surface area contributed by atoms with Crippen LogP contribution in [0.25, 0.3) is 11.1 Å². The highest BCUT2D eigenvalue weighted by Gasteiger charge is 2.03. The zero-order valence-corrected chi connectivity index (χ0v) is 6.85. The molecule has 0 spiro atoms. The van der Waals surface area contributed by atoms with Crippen LogP contribution in [0.4, 0.5) is 0 Å². The lowest BCUT2D eigenvalue weighted by Gasteiger charge is -1.87. The fourth-order valence-corrected chi connectivity index (χ4v) is 0.666. The van der Waals surface area contributed by atoms with Crippen molar-refractivity contribution < 1.29 is 4.42 Å². The van der Waals surface area contributed by atoms with Crippen LogP contribution in [-0.2, 0) is 0 Å². The van der Waals surface area contributed by atoms with Crippen molar-refractivity contribution >= 4 is 11.1 Å². The number of oxazole rings is 1. The van der Waals surface area contributed by atoms with Crippen LogP contribution in [0.2, 0.25) is 0 Å². The first-order valence-corrected chi connectivity index (χ1v) is 3.38. The van der Waals surface area contributed by atoms with Crippen molar-refractivity contribution in [2.24, 2.45) is 0 Å². The molecule has 0 atom stereocenters. The van der Waals surface area contributed by atoms with Crippen molar-refractivity contribution in [3.05, 3.63) is 31.0 Å². The van der Waals surface area contributed by atoms with Gasteiger partial charge in [0.1, 0.15) is 12.0 Å². The van der Waals surface area contributed by atoms with Gasteiger partial charge in [0.2, 0.25) is 5.89 Å². The fourth-order valence-electron chi connectivity index (χ4n) is 0.666. The second-order valence-corrected chi connectivity index (χ2v) is 2.60. The van der Waals surface area contributed by atoms with E-state index in [0.717, 1.165) is 16.8 Å². The van der Waals surface area contributed by atoms with Crippen LogP contribution >= 0.6 is 0 Å². The van der Waals surface area contributed by atoms with Gasteiger partial charge in [-0.05, 0) is 19.4 Å². The van der Waals surface area contributed by atoms with Crippen LogP contribution < -0.4 is 0 Å². The maximum absolute atomic E-state index is 5.12. The molecule has 1 heterocycles. The Morgan fingerprint density at radius 3 is 2.27 bits per heavy atom. The van der Waals surface area contributed by atoms with Crippen LogP contribution in [0.3, 0.4) is 0 Å². The van der Waals surface area contributed by atoms with Crippen molar-refractivity contribution in [2.75, 3.05) is 0 Å². The van der Waals surface area contributed by atoms with Gasteiger partial charge in [-0.15, -0.1) is 0 Å². The number of rotatable bonds is 2. The molecule has 1 aromatic heterocycles. The number of hydrogen-bond donors (Lipinski definition) is 0. The van der Waals surface area contributed by atoms with E-state index in [0.29, 0.717) is 5.89 Å². The molecule has 0 bridgehead atoms. The molecule has 0 fully saturated rings. The minimum atomic E-state index is 0.586. The summed E-state index contributed by atoms with van der Waals surface area (Å²) in [4.78, 5) is 4.14. The Kier molecular flexibility index (Phi) is 1.94. The quantitative estimate of drug-likeness (QED) is 0.646. The predicted octanol–water partition coefficient (Wildman–Crippen LogP) is 2.74. The summed E-state index contributed by atoms with van der Waals surface area (Å²) in [5, 5.41) is 0. The summed E-state index contributed by atoms with van der Waals surface area (Å²) in [7, 11) is 0. The minimum absolute atomic E-state index is 0.586. The first kappa shape index (κ1) is 7.79. The third-order valence-corrected chi connectivity index (χ3v) is 1.31. The average molecular weight is 149 g/mol. The second-order valence-electron chi connectivity index (χ2n) is 2.60. The Hall–Kier alpha value is -1.31. The van der Waals surface area contributed by atoms with Gasteiger partial charge in [0.15, 0.2) is 0 Å². The van der Waals surface area contributed by atoms with Gasteiger partial charge in [-0.25, -0.2) is 4.98 Å². The summed E-state index contributed by atoms with van der Waals surface area (Å²) in [6.07, 6.45) is 1.59. The molecule has 0 saturated carbocycles. The number of hydrogen-bond acceptors (Lipinski definition) is 2. The molecule has 2 heteroatoms. The van der Waals surface area contributed by atoms with Gasteiger partial charge in [0.25, 0.3) is 0 Å². The first-order chi connectivity index (χ1) is 5.11. The average Bonchev–Trinajstić information content (AvgIpc) is 2.33. The standard InChI is InChI=1S/C9H11NO/c1-6(2)8-5-11-9(10-8)7(3)4/h5H,1,3H2,2,4H3.